The molecule has 1 aliphatic heterocycles. The number of halogens is 1. The van der Waals surface area contributed by atoms with Gasteiger partial charge in [0.15, 0.2) is 0 Å². The second-order valence-electron chi connectivity index (χ2n) is 6.90. The van der Waals surface area contributed by atoms with Crippen molar-refractivity contribution < 1.29 is 19.1 Å². The molecule has 1 aromatic heterocycles. The van der Waals surface area contributed by atoms with E-state index >= 15 is 0 Å². The number of fused-ring (bicyclic) bond motifs is 1. The van der Waals surface area contributed by atoms with Crippen LogP contribution in [0.2, 0.25) is 5.02 Å². The van der Waals surface area contributed by atoms with Crippen LogP contribution < -0.4 is 5.32 Å². The summed E-state index contributed by atoms with van der Waals surface area (Å²) in [6, 6.07) is 12.8. The fourth-order valence-electron chi connectivity index (χ4n) is 3.19. The van der Waals surface area contributed by atoms with Gasteiger partial charge in [-0.2, -0.15) is 5.10 Å². The third kappa shape index (κ3) is 4.90. The molecule has 1 saturated heterocycles. The fourth-order valence-corrected chi connectivity index (χ4v) is 3.40. The molecule has 0 bridgehead atoms. The van der Waals surface area contributed by atoms with Crippen LogP contribution in [-0.2, 0) is 27.4 Å². The van der Waals surface area contributed by atoms with E-state index < -0.39 is 6.09 Å². The van der Waals surface area contributed by atoms with Crippen molar-refractivity contribution >= 4 is 40.2 Å². The van der Waals surface area contributed by atoms with E-state index in [9.17, 15) is 9.59 Å². The van der Waals surface area contributed by atoms with Gasteiger partial charge in [-0.15, -0.1) is 0 Å². The second kappa shape index (κ2) is 9.15. The maximum atomic E-state index is 12.4. The number of hydrogen-bond donors (Lipinski definition) is 1. The van der Waals surface area contributed by atoms with Crippen molar-refractivity contribution in [3.63, 3.8) is 0 Å². The van der Waals surface area contributed by atoms with Gasteiger partial charge in [-0.3, -0.25) is 14.8 Å². The molecule has 30 heavy (non-hydrogen) atoms. The van der Waals surface area contributed by atoms with Gasteiger partial charge in [0, 0.05) is 24.7 Å². The Kier molecular flexibility index (Phi) is 6.15. The van der Waals surface area contributed by atoms with E-state index in [1.165, 1.54) is 0 Å². The molecule has 8 nitrogen and oxygen atoms in total. The fraction of sp³-hybridized carbons (Fsp3) is 0.286. The Morgan fingerprint density at radius 2 is 1.93 bits per heavy atom. The van der Waals surface area contributed by atoms with Crippen LogP contribution in [0.1, 0.15) is 5.56 Å². The second-order valence-corrected chi connectivity index (χ2v) is 7.30. The van der Waals surface area contributed by atoms with Crippen LogP contribution >= 0.6 is 11.6 Å². The first-order chi connectivity index (χ1) is 14.6. The summed E-state index contributed by atoms with van der Waals surface area (Å²) in [6.07, 6.45) is 1.15. The number of ether oxygens (including phenoxy) is 2. The van der Waals surface area contributed by atoms with Crippen LogP contribution in [0.15, 0.2) is 48.7 Å². The van der Waals surface area contributed by atoms with Crippen molar-refractivity contribution in [2.45, 2.75) is 13.2 Å². The number of rotatable bonds is 5. The number of anilines is 1. The number of benzene rings is 2. The van der Waals surface area contributed by atoms with Crippen molar-refractivity contribution in [1.29, 1.82) is 0 Å². The van der Waals surface area contributed by atoms with Gasteiger partial charge >= 0.3 is 6.09 Å². The Hall–Kier alpha value is -3.10. The third-order valence-corrected chi connectivity index (χ3v) is 5.06. The number of nitrogens with one attached hydrogen (secondary N) is 1. The topological polar surface area (TPSA) is 85.7 Å². The number of aromatic nitrogens is 2. The standard InChI is InChI=1S/C21H21ClN4O4/c22-17-11-18-16(12-26(24-18)13-20(27)25-6-8-29-9-7-25)10-19(17)23-21(28)30-14-15-4-2-1-3-5-15/h1-5,10-12H,6-9,13-14H2,(H,23,28). The summed E-state index contributed by atoms with van der Waals surface area (Å²) in [6.45, 7) is 2.58. The Bertz CT molecular complexity index is 1050. The summed E-state index contributed by atoms with van der Waals surface area (Å²) in [7, 11) is 0. The number of amides is 2. The first-order valence-electron chi connectivity index (χ1n) is 9.58. The number of nitrogens with zero attached hydrogens (tertiary/aromatic N) is 3. The van der Waals surface area contributed by atoms with Crippen molar-refractivity contribution in [1.82, 2.24) is 14.7 Å². The Morgan fingerprint density at radius 1 is 1.17 bits per heavy atom. The normalized spacial score (nSPS) is 14.0. The maximum absolute atomic E-state index is 12.4. The lowest BCUT2D eigenvalue weighted by Crippen LogP contribution is -2.42. The molecule has 0 spiro atoms. The monoisotopic (exact) mass is 428 g/mol. The van der Waals surface area contributed by atoms with Gasteiger partial charge < -0.3 is 14.4 Å². The molecular formula is C21H21ClN4O4. The molecule has 2 amide bonds. The average Bonchev–Trinajstić information content (AvgIpc) is 3.14. The van der Waals surface area contributed by atoms with Gasteiger partial charge in [-0.05, 0) is 17.7 Å². The van der Waals surface area contributed by atoms with Gasteiger partial charge in [0.2, 0.25) is 5.91 Å². The van der Waals surface area contributed by atoms with Gasteiger partial charge in [-0.1, -0.05) is 41.9 Å². The Labute approximate surface area is 178 Å². The van der Waals surface area contributed by atoms with Crippen LogP contribution in [0.25, 0.3) is 10.9 Å². The Balaban J connectivity index is 1.41. The number of carbonyl (C=O) groups is 2. The number of morpholine rings is 1. The predicted octanol–water partition coefficient (Wildman–Crippen LogP) is 3.30. The minimum atomic E-state index is -0.602. The average molecular weight is 429 g/mol. The lowest BCUT2D eigenvalue weighted by Gasteiger charge is -2.26. The van der Waals surface area contributed by atoms with E-state index in [1.807, 2.05) is 30.3 Å². The van der Waals surface area contributed by atoms with E-state index in [1.54, 1.807) is 27.9 Å². The predicted molar refractivity (Wildman–Crippen MR) is 112 cm³/mol. The molecular weight excluding hydrogens is 408 g/mol. The van der Waals surface area contributed by atoms with Crippen molar-refractivity contribution in [2.75, 3.05) is 31.6 Å². The third-order valence-electron chi connectivity index (χ3n) is 4.75. The highest BCUT2D eigenvalue weighted by Crippen LogP contribution is 2.28. The van der Waals surface area contributed by atoms with E-state index in [4.69, 9.17) is 21.1 Å². The molecule has 4 rings (SSSR count). The number of hydrogen-bond acceptors (Lipinski definition) is 5. The molecule has 2 heterocycles. The summed E-state index contributed by atoms with van der Waals surface area (Å²) in [5.74, 6) is -0.0139. The highest BCUT2D eigenvalue weighted by Gasteiger charge is 2.18. The molecule has 9 heteroatoms. The summed E-state index contributed by atoms with van der Waals surface area (Å²) in [4.78, 5) is 26.3. The summed E-state index contributed by atoms with van der Waals surface area (Å²) in [5.41, 5.74) is 1.94. The van der Waals surface area contributed by atoms with E-state index in [0.29, 0.717) is 42.5 Å². The van der Waals surface area contributed by atoms with Crippen molar-refractivity contribution in [3.8, 4) is 0 Å². The molecule has 0 saturated carbocycles. The zero-order chi connectivity index (χ0) is 20.9. The summed E-state index contributed by atoms with van der Waals surface area (Å²) in [5, 5.41) is 8.16. The van der Waals surface area contributed by atoms with Gasteiger partial charge in [0.05, 0.1) is 29.4 Å². The van der Waals surface area contributed by atoms with Crippen LogP contribution in [0.3, 0.4) is 0 Å². The molecule has 0 unspecified atom stereocenters. The molecule has 0 atom stereocenters. The molecule has 1 aliphatic rings. The summed E-state index contributed by atoms with van der Waals surface area (Å²) < 4.78 is 12.1. The smallest absolute Gasteiger partial charge is 0.412 e. The summed E-state index contributed by atoms with van der Waals surface area (Å²) >= 11 is 6.29. The molecule has 2 aromatic carbocycles. The first-order valence-corrected chi connectivity index (χ1v) is 9.96. The van der Waals surface area contributed by atoms with Crippen LogP contribution in [0.5, 0.6) is 0 Å². The molecule has 0 aliphatic carbocycles. The van der Waals surface area contributed by atoms with Crippen LogP contribution in [-0.4, -0.2) is 53.0 Å². The van der Waals surface area contributed by atoms with Crippen LogP contribution in [0.4, 0.5) is 10.5 Å². The largest absolute Gasteiger partial charge is 0.444 e. The number of carbonyl (C=O) groups excluding carboxylic acids is 2. The minimum Gasteiger partial charge on any atom is -0.444 e. The highest BCUT2D eigenvalue weighted by atomic mass is 35.5. The lowest BCUT2D eigenvalue weighted by atomic mass is 10.2. The molecule has 1 fully saturated rings. The van der Waals surface area contributed by atoms with Gasteiger partial charge in [-0.25, -0.2) is 4.79 Å². The first kappa shape index (κ1) is 20.2. The van der Waals surface area contributed by atoms with E-state index in [0.717, 1.165) is 10.9 Å². The van der Waals surface area contributed by atoms with Crippen molar-refractivity contribution in [3.05, 3.63) is 59.2 Å². The quantitative estimate of drug-likeness (QED) is 0.674. The van der Waals surface area contributed by atoms with E-state index in [-0.39, 0.29) is 19.1 Å². The zero-order valence-corrected chi connectivity index (χ0v) is 17.0. The molecule has 0 radical (unpaired) electrons. The zero-order valence-electron chi connectivity index (χ0n) is 16.2. The van der Waals surface area contributed by atoms with Gasteiger partial charge in [0.1, 0.15) is 13.2 Å². The molecule has 1 N–H and O–H groups in total. The van der Waals surface area contributed by atoms with Crippen molar-refractivity contribution in [2.24, 2.45) is 0 Å². The molecule has 3 aromatic rings. The lowest BCUT2D eigenvalue weighted by molar-refractivity contribution is -0.136. The van der Waals surface area contributed by atoms with Gasteiger partial charge in [0.25, 0.3) is 0 Å². The Morgan fingerprint density at radius 3 is 2.70 bits per heavy atom. The highest BCUT2D eigenvalue weighted by molar-refractivity contribution is 6.34. The molecule has 156 valence electrons. The van der Waals surface area contributed by atoms with Crippen LogP contribution in [0, 0.1) is 0 Å². The SMILES string of the molecule is O=C(Nc1cc2cn(CC(=O)N3CCOCC3)nc2cc1Cl)OCc1ccccc1. The van der Waals surface area contributed by atoms with E-state index in [2.05, 4.69) is 10.4 Å². The minimum absolute atomic E-state index is 0.0139. The maximum Gasteiger partial charge on any atom is 0.412 e.